The third-order valence-corrected chi connectivity index (χ3v) is 2.21. The molecule has 0 aliphatic heterocycles. The minimum atomic E-state index is -0.0244. The SMILES string of the molecule is CC(C)C(Cl)c1cnn(C)n1. The molecule has 1 heterocycles. The van der Waals surface area contributed by atoms with Crippen molar-refractivity contribution in [2.24, 2.45) is 13.0 Å². The lowest BCUT2D eigenvalue weighted by molar-refractivity contribution is 0.589. The van der Waals surface area contributed by atoms with Gasteiger partial charge in [0.2, 0.25) is 0 Å². The summed E-state index contributed by atoms with van der Waals surface area (Å²) in [6, 6.07) is 0. The molecule has 3 nitrogen and oxygen atoms in total. The van der Waals surface area contributed by atoms with Crippen molar-refractivity contribution in [3.8, 4) is 0 Å². The van der Waals surface area contributed by atoms with Gasteiger partial charge in [0.1, 0.15) is 5.69 Å². The van der Waals surface area contributed by atoms with E-state index in [1.165, 1.54) is 4.80 Å². The second-order valence-corrected chi connectivity index (χ2v) is 3.37. The van der Waals surface area contributed by atoms with Gasteiger partial charge in [0.15, 0.2) is 0 Å². The molecule has 0 amide bonds. The number of nitrogens with zero attached hydrogens (tertiary/aromatic N) is 3. The van der Waals surface area contributed by atoms with Crippen molar-refractivity contribution in [2.75, 3.05) is 0 Å². The lowest BCUT2D eigenvalue weighted by atomic mass is 10.1. The molecule has 1 atom stereocenters. The Morgan fingerprint density at radius 3 is 2.55 bits per heavy atom. The standard InChI is InChI=1S/C7H12ClN3/c1-5(2)7(8)6-4-9-11(3)10-6/h4-5,7H,1-3H3. The summed E-state index contributed by atoms with van der Waals surface area (Å²) in [6.45, 7) is 4.12. The Morgan fingerprint density at radius 1 is 1.55 bits per heavy atom. The lowest BCUT2D eigenvalue weighted by Gasteiger charge is -2.08. The molecule has 0 saturated heterocycles. The number of aryl methyl sites for hydroxylation is 1. The van der Waals surface area contributed by atoms with Gasteiger partial charge in [-0.2, -0.15) is 15.0 Å². The maximum Gasteiger partial charge on any atom is 0.101 e. The maximum atomic E-state index is 6.04. The number of hydrogen-bond acceptors (Lipinski definition) is 2. The average molecular weight is 174 g/mol. The predicted molar refractivity (Wildman–Crippen MR) is 44.4 cm³/mol. The van der Waals surface area contributed by atoms with Crippen molar-refractivity contribution in [3.63, 3.8) is 0 Å². The molecule has 1 aromatic rings. The number of hydrogen-bond donors (Lipinski definition) is 0. The summed E-state index contributed by atoms with van der Waals surface area (Å²) >= 11 is 6.04. The molecule has 0 spiro atoms. The number of halogens is 1. The van der Waals surface area contributed by atoms with Gasteiger partial charge in [-0.1, -0.05) is 13.8 Å². The molecule has 0 saturated carbocycles. The van der Waals surface area contributed by atoms with E-state index >= 15 is 0 Å². The molecule has 1 unspecified atom stereocenters. The summed E-state index contributed by atoms with van der Waals surface area (Å²) in [5, 5.41) is 8.02. The summed E-state index contributed by atoms with van der Waals surface area (Å²) in [4.78, 5) is 1.52. The Bertz CT molecular complexity index is 231. The Morgan fingerprint density at radius 2 is 2.18 bits per heavy atom. The van der Waals surface area contributed by atoms with Crippen LogP contribution in [0.5, 0.6) is 0 Å². The van der Waals surface area contributed by atoms with Crippen LogP contribution in [0.3, 0.4) is 0 Å². The monoisotopic (exact) mass is 173 g/mol. The molecule has 0 radical (unpaired) electrons. The van der Waals surface area contributed by atoms with Gasteiger partial charge in [0.25, 0.3) is 0 Å². The van der Waals surface area contributed by atoms with Crippen LogP contribution >= 0.6 is 11.6 Å². The number of alkyl halides is 1. The molecule has 1 aromatic heterocycles. The quantitative estimate of drug-likeness (QED) is 0.638. The highest BCUT2D eigenvalue weighted by Gasteiger charge is 2.14. The predicted octanol–water partition coefficient (Wildman–Crippen LogP) is 1.75. The third kappa shape index (κ3) is 1.93. The fourth-order valence-corrected chi connectivity index (χ4v) is 0.929. The smallest absolute Gasteiger partial charge is 0.101 e. The average Bonchev–Trinajstić information content (AvgIpc) is 2.34. The Kier molecular flexibility index (Phi) is 2.49. The topological polar surface area (TPSA) is 30.7 Å². The highest BCUT2D eigenvalue weighted by molar-refractivity contribution is 6.20. The van der Waals surface area contributed by atoms with Gasteiger partial charge >= 0.3 is 0 Å². The zero-order valence-corrected chi connectivity index (χ0v) is 7.71. The van der Waals surface area contributed by atoms with Gasteiger partial charge in [0.05, 0.1) is 11.6 Å². The molecule has 0 aliphatic carbocycles. The van der Waals surface area contributed by atoms with E-state index in [2.05, 4.69) is 24.0 Å². The molecular weight excluding hydrogens is 162 g/mol. The second-order valence-electron chi connectivity index (χ2n) is 2.90. The highest BCUT2D eigenvalue weighted by atomic mass is 35.5. The van der Waals surface area contributed by atoms with E-state index in [9.17, 15) is 0 Å². The largest absolute Gasteiger partial charge is 0.188 e. The Hall–Kier alpha value is -0.570. The first-order valence-electron chi connectivity index (χ1n) is 3.61. The van der Waals surface area contributed by atoms with Crippen LogP contribution in [0, 0.1) is 5.92 Å². The zero-order valence-electron chi connectivity index (χ0n) is 6.95. The van der Waals surface area contributed by atoms with Gasteiger partial charge in [-0.25, -0.2) is 0 Å². The van der Waals surface area contributed by atoms with E-state index < -0.39 is 0 Å². The molecular formula is C7H12ClN3. The molecule has 0 aromatic carbocycles. The summed E-state index contributed by atoms with van der Waals surface area (Å²) in [5.41, 5.74) is 0.851. The number of rotatable bonds is 2. The van der Waals surface area contributed by atoms with Crippen LogP contribution in [0.25, 0.3) is 0 Å². The summed E-state index contributed by atoms with van der Waals surface area (Å²) in [6.07, 6.45) is 1.71. The first-order valence-corrected chi connectivity index (χ1v) is 4.05. The van der Waals surface area contributed by atoms with Crippen molar-refractivity contribution >= 4 is 11.6 Å². The van der Waals surface area contributed by atoms with Gasteiger partial charge in [-0.3, -0.25) is 0 Å². The molecule has 11 heavy (non-hydrogen) atoms. The highest BCUT2D eigenvalue weighted by Crippen LogP contribution is 2.25. The zero-order chi connectivity index (χ0) is 8.43. The molecule has 0 fully saturated rings. The van der Waals surface area contributed by atoms with E-state index in [0.717, 1.165) is 5.69 Å². The van der Waals surface area contributed by atoms with Crippen molar-refractivity contribution < 1.29 is 0 Å². The summed E-state index contributed by atoms with van der Waals surface area (Å²) in [7, 11) is 1.79. The van der Waals surface area contributed by atoms with Crippen molar-refractivity contribution in [3.05, 3.63) is 11.9 Å². The van der Waals surface area contributed by atoms with Gasteiger partial charge in [-0.15, -0.1) is 11.6 Å². The van der Waals surface area contributed by atoms with E-state index in [0.29, 0.717) is 5.92 Å². The lowest BCUT2D eigenvalue weighted by Crippen LogP contribution is -2.01. The van der Waals surface area contributed by atoms with Crippen LogP contribution in [0.15, 0.2) is 6.20 Å². The first kappa shape index (κ1) is 8.53. The van der Waals surface area contributed by atoms with Crippen molar-refractivity contribution in [1.82, 2.24) is 15.0 Å². The van der Waals surface area contributed by atoms with Crippen LogP contribution in [0.2, 0.25) is 0 Å². The molecule has 1 rings (SSSR count). The van der Waals surface area contributed by atoms with E-state index in [-0.39, 0.29) is 5.38 Å². The Labute approximate surface area is 71.4 Å². The molecule has 4 heteroatoms. The van der Waals surface area contributed by atoms with E-state index in [4.69, 9.17) is 11.6 Å². The van der Waals surface area contributed by atoms with Gasteiger partial charge < -0.3 is 0 Å². The van der Waals surface area contributed by atoms with Crippen LogP contribution in [-0.2, 0) is 7.05 Å². The molecule has 0 aliphatic rings. The van der Waals surface area contributed by atoms with E-state index in [1.54, 1.807) is 13.2 Å². The van der Waals surface area contributed by atoms with Crippen molar-refractivity contribution in [1.29, 1.82) is 0 Å². The van der Waals surface area contributed by atoms with E-state index in [1.807, 2.05) is 0 Å². The number of aromatic nitrogens is 3. The second kappa shape index (κ2) is 3.22. The van der Waals surface area contributed by atoms with Gasteiger partial charge in [-0.05, 0) is 5.92 Å². The van der Waals surface area contributed by atoms with Crippen molar-refractivity contribution in [2.45, 2.75) is 19.2 Å². The third-order valence-electron chi connectivity index (χ3n) is 1.49. The fourth-order valence-electron chi connectivity index (χ4n) is 0.829. The first-order chi connectivity index (χ1) is 5.11. The fraction of sp³-hybridized carbons (Fsp3) is 0.714. The van der Waals surface area contributed by atoms with Crippen LogP contribution in [-0.4, -0.2) is 15.0 Å². The summed E-state index contributed by atoms with van der Waals surface area (Å²) < 4.78 is 0. The minimum absolute atomic E-state index is 0.0244. The molecule has 0 bridgehead atoms. The Balaban J connectivity index is 2.76. The maximum absolute atomic E-state index is 6.04. The summed E-state index contributed by atoms with van der Waals surface area (Å²) in [5.74, 6) is 0.397. The van der Waals surface area contributed by atoms with Crippen LogP contribution < -0.4 is 0 Å². The minimum Gasteiger partial charge on any atom is -0.188 e. The molecule has 0 N–H and O–H groups in total. The van der Waals surface area contributed by atoms with Gasteiger partial charge in [0, 0.05) is 7.05 Å². The molecule has 62 valence electrons. The van der Waals surface area contributed by atoms with Crippen LogP contribution in [0.4, 0.5) is 0 Å². The normalized spacial score (nSPS) is 13.9. The van der Waals surface area contributed by atoms with Crippen LogP contribution in [0.1, 0.15) is 24.9 Å².